The molecule has 0 aliphatic heterocycles. The number of benzene rings is 2. The zero-order valence-electron chi connectivity index (χ0n) is 14.6. The van der Waals surface area contributed by atoms with E-state index in [0.717, 1.165) is 33.1 Å². The van der Waals surface area contributed by atoms with Crippen LogP contribution < -0.4 is 0 Å². The highest BCUT2D eigenvalue weighted by atomic mass is 16.3. The minimum absolute atomic E-state index is 0.274. The number of aryl methyl sites for hydroxylation is 2. The normalized spacial score (nSPS) is 14.0. The first-order chi connectivity index (χ1) is 11.4. The van der Waals surface area contributed by atoms with Gasteiger partial charge in [0.1, 0.15) is 11.2 Å². The van der Waals surface area contributed by atoms with Crippen molar-refractivity contribution in [3.8, 4) is 11.3 Å². The van der Waals surface area contributed by atoms with E-state index in [1.54, 1.807) is 6.07 Å². The summed E-state index contributed by atoms with van der Waals surface area (Å²) in [5.74, 6) is 0. The molecule has 0 saturated carbocycles. The molecule has 2 aromatic heterocycles. The van der Waals surface area contributed by atoms with Crippen molar-refractivity contribution in [3.63, 3.8) is 0 Å². The van der Waals surface area contributed by atoms with Crippen LogP contribution in [0.3, 0.4) is 0 Å². The number of hydrogen-bond acceptors (Lipinski definition) is 2. The van der Waals surface area contributed by atoms with Gasteiger partial charge in [-0.25, -0.2) is 0 Å². The lowest BCUT2D eigenvalue weighted by atomic mass is 10.0. The molecule has 2 nitrogen and oxygen atoms in total. The molecule has 0 unspecified atom stereocenters. The molecule has 0 N–H and O–H groups in total. The molecule has 0 aliphatic rings. The summed E-state index contributed by atoms with van der Waals surface area (Å²) in [6, 6.07) is 15.1. The van der Waals surface area contributed by atoms with E-state index in [2.05, 4.69) is 11.1 Å². The van der Waals surface area contributed by atoms with E-state index in [4.69, 9.17) is 8.53 Å². The molecule has 4 rings (SSSR count). The third-order valence-electron chi connectivity index (χ3n) is 3.69. The van der Waals surface area contributed by atoms with E-state index in [0.29, 0.717) is 5.69 Å². The number of fused-ring (bicyclic) bond motifs is 3. The third-order valence-corrected chi connectivity index (χ3v) is 3.69. The predicted octanol–water partition coefficient (Wildman–Crippen LogP) is 5.26. The number of hydrogen-bond donors (Lipinski definition) is 0. The number of para-hydroxylation sites is 1. The highest BCUT2D eigenvalue weighted by Gasteiger charge is 2.12. The molecular weight excluding hydrogens is 258 g/mol. The summed E-state index contributed by atoms with van der Waals surface area (Å²) in [7, 11) is 0. The lowest BCUT2D eigenvalue weighted by Crippen LogP contribution is -1.84. The van der Waals surface area contributed by atoms with Gasteiger partial charge in [-0.15, -0.1) is 0 Å². The SMILES string of the molecule is [2H]C([2H])([2H])c1ccnc(-c2cccc3c2oc2cc(C)ccc23)c1. The monoisotopic (exact) mass is 276 g/mol. The standard InChI is InChI=1S/C19H15NO/c1-12-6-7-14-15-4-3-5-16(19(15)21-18(14)11-12)17-10-13(2)8-9-20-17/h3-11H,1-2H3/i2D3. The fourth-order valence-electron chi connectivity index (χ4n) is 2.69. The van der Waals surface area contributed by atoms with Gasteiger partial charge in [0.25, 0.3) is 0 Å². The van der Waals surface area contributed by atoms with E-state index in [-0.39, 0.29) is 5.56 Å². The van der Waals surface area contributed by atoms with E-state index in [1.807, 2.05) is 37.3 Å². The van der Waals surface area contributed by atoms with E-state index >= 15 is 0 Å². The highest BCUT2D eigenvalue weighted by molar-refractivity contribution is 6.09. The third kappa shape index (κ3) is 1.91. The van der Waals surface area contributed by atoms with Gasteiger partial charge >= 0.3 is 0 Å². The van der Waals surface area contributed by atoms with Crippen LogP contribution in [0.15, 0.2) is 59.1 Å². The second-order valence-electron chi connectivity index (χ2n) is 5.21. The number of pyridine rings is 1. The quantitative estimate of drug-likeness (QED) is 0.473. The van der Waals surface area contributed by atoms with Gasteiger partial charge in [-0.1, -0.05) is 24.3 Å². The average Bonchev–Trinajstić information content (AvgIpc) is 2.91. The van der Waals surface area contributed by atoms with E-state index in [9.17, 15) is 0 Å². The molecule has 0 atom stereocenters. The van der Waals surface area contributed by atoms with Crippen molar-refractivity contribution in [2.75, 3.05) is 0 Å². The summed E-state index contributed by atoms with van der Waals surface area (Å²) < 4.78 is 28.8. The van der Waals surface area contributed by atoms with Gasteiger partial charge in [-0.3, -0.25) is 4.98 Å². The van der Waals surface area contributed by atoms with Crippen molar-refractivity contribution in [2.45, 2.75) is 13.8 Å². The zero-order valence-corrected chi connectivity index (χ0v) is 11.6. The molecule has 2 heteroatoms. The van der Waals surface area contributed by atoms with E-state index in [1.165, 1.54) is 12.3 Å². The first-order valence-electron chi connectivity index (χ1n) is 8.32. The molecule has 21 heavy (non-hydrogen) atoms. The average molecular weight is 276 g/mol. The minimum atomic E-state index is -2.16. The van der Waals surface area contributed by atoms with Crippen LogP contribution in [0.5, 0.6) is 0 Å². The second-order valence-corrected chi connectivity index (χ2v) is 5.21. The van der Waals surface area contributed by atoms with Crippen LogP contribution in [0.2, 0.25) is 0 Å². The minimum Gasteiger partial charge on any atom is -0.455 e. The maximum atomic E-state index is 7.59. The van der Waals surface area contributed by atoms with Crippen LogP contribution in [0.4, 0.5) is 0 Å². The number of aromatic nitrogens is 1. The Balaban J connectivity index is 1.99. The number of nitrogens with zero attached hydrogens (tertiary/aromatic N) is 1. The summed E-state index contributed by atoms with van der Waals surface area (Å²) in [6.45, 7) is -0.133. The molecule has 102 valence electrons. The van der Waals surface area contributed by atoms with Crippen LogP contribution >= 0.6 is 0 Å². The first kappa shape index (κ1) is 9.35. The van der Waals surface area contributed by atoms with Crippen molar-refractivity contribution in [1.29, 1.82) is 0 Å². The number of furan rings is 1. The predicted molar refractivity (Wildman–Crippen MR) is 86.4 cm³/mol. The van der Waals surface area contributed by atoms with Gasteiger partial charge in [0.15, 0.2) is 0 Å². The Kier molecular flexibility index (Phi) is 1.98. The molecule has 0 saturated heterocycles. The summed E-state index contributed by atoms with van der Waals surface area (Å²) >= 11 is 0. The molecule has 0 fully saturated rings. The van der Waals surface area contributed by atoms with Crippen molar-refractivity contribution < 1.29 is 8.53 Å². The molecule has 0 amide bonds. The van der Waals surface area contributed by atoms with Crippen LogP contribution in [0.1, 0.15) is 15.2 Å². The lowest BCUT2D eigenvalue weighted by Gasteiger charge is -2.02. The fraction of sp³-hybridized carbons (Fsp3) is 0.105. The Bertz CT molecular complexity index is 1060. The molecule has 2 heterocycles. The molecule has 0 aliphatic carbocycles. The van der Waals surface area contributed by atoms with Crippen molar-refractivity contribution >= 4 is 21.9 Å². The molecule has 0 radical (unpaired) electrons. The van der Waals surface area contributed by atoms with Crippen LogP contribution in [0, 0.1) is 13.8 Å². The molecular formula is C19H15NO. The van der Waals surface area contributed by atoms with Gasteiger partial charge in [-0.2, -0.15) is 0 Å². The Morgan fingerprint density at radius 2 is 1.95 bits per heavy atom. The summed E-state index contributed by atoms with van der Waals surface area (Å²) in [6.07, 6.45) is 1.53. The molecule has 0 spiro atoms. The van der Waals surface area contributed by atoms with E-state index < -0.39 is 6.85 Å². The topological polar surface area (TPSA) is 26.0 Å². The smallest absolute Gasteiger partial charge is 0.144 e. The number of rotatable bonds is 1. The maximum absolute atomic E-state index is 7.59. The Labute approximate surface area is 127 Å². The highest BCUT2D eigenvalue weighted by Crippen LogP contribution is 2.35. The maximum Gasteiger partial charge on any atom is 0.144 e. The van der Waals surface area contributed by atoms with Crippen LogP contribution in [0.25, 0.3) is 33.2 Å². The lowest BCUT2D eigenvalue weighted by molar-refractivity contribution is 0.669. The molecule has 0 bridgehead atoms. The Morgan fingerprint density at radius 1 is 1.00 bits per heavy atom. The first-order valence-corrected chi connectivity index (χ1v) is 6.82. The van der Waals surface area contributed by atoms with Crippen LogP contribution in [-0.2, 0) is 0 Å². The van der Waals surface area contributed by atoms with Crippen LogP contribution in [-0.4, -0.2) is 4.98 Å². The summed E-state index contributed by atoms with van der Waals surface area (Å²) in [4.78, 5) is 4.35. The molecule has 2 aromatic carbocycles. The zero-order chi connectivity index (χ0) is 16.9. The summed E-state index contributed by atoms with van der Waals surface area (Å²) in [5.41, 5.74) is 4.36. The van der Waals surface area contributed by atoms with Gasteiger partial charge < -0.3 is 4.42 Å². The summed E-state index contributed by atoms with van der Waals surface area (Å²) in [5, 5.41) is 2.05. The van der Waals surface area contributed by atoms with Gasteiger partial charge in [0.05, 0.1) is 5.69 Å². The second kappa shape index (κ2) is 4.45. The molecule has 4 aromatic rings. The van der Waals surface area contributed by atoms with Gasteiger partial charge in [0.2, 0.25) is 0 Å². The van der Waals surface area contributed by atoms with Gasteiger partial charge in [-0.05, 0) is 49.2 Å². The fourth-order valence-corrected chi connectivity index (χ4v) is 2.69. The van der Waals surface area contributed by atoms with Crippen molar-refractivity contribution in [1.82, 2.24) is 4.98 Å². The largest absolute Gasteiger partial charge is 0.455 e. The van der Waals surface area contributed by atoms with Gasteiger partial charge in [0, 0.05) is 26.6 Å². The van der Waals surface area contributed by atoms with Crippen molar-refractivity contribution in [2.24, 2.45) is 0 Å². The Morgan fingerprint density at radius 3 is 2.86 bits per heavy atom. The Hall–Kier alpha value is -2.61. The van der Waals surface area contributed by atoms with Crippen molar-refractivity contribution in [3.05, 3.63) is 65.9 Å².